The van der Waals surface area contributed by atoms with Crippen LogP contribution in [0.3, 0.4) is 0 Å². The van der Waals surface area contributed by atoms with Gasteiger partial charge in [0, 0.05) is 0 Å². The first-order chi connectivity index (χ1) is 10.2. The van der Waals surface area contributed by atoms with E-state index in [2.05, 4.69) is 4.74 Å². The molecule has 11 nitrogen and oxygen atoms in total. The summed E-state index contributed by atoms with van der Waals surface area (Å²) in [6.45, 7) is 0.725. The molecule has 0 fully saturated rings. The largest absolute Gasteiger partial charge is 0.394 e. The van der Waals surface area contributed by atoms with E-state index in [-0.39, 0.29) is 39.6 Å². The van der Waals surface area contributed by atoms with Crippen molar-refractivity contribution < 1.29 is 52.8 Å². The molecule has 0 aliphatic heterocycles. The number of aliphatic hydroxyl groups excluding tert-OH is 1. The lowest BCUT2D eigenvalue weighted by atomic mass is 10.7. The van der Waals surface area contributed by atoms with Crippen molar-refractivity contribution in [3.05, 3.63) is 0 Å². The van der Waals surface area contributed by atoms with Crippen LogP contribution in [0.5, 0.6) is 0 Å². The summed E-state index contributed by atoms with van der Waals surface area (Å²) in [5, 5.41) is 8.43. The Bertz CT molecular complexity index is 343. The number of hydrogen-bond acceptors (Lipinski definition) is 7. The first-order valence-electron chi connectivity index (χ1n) is 6.25. The van der Waals surface area contributed by atoms with Crippen molar-refractivity contribution in [1.29, 1.82) is 0 Å². The molecule has 5 N–H and O–H groups in total. The molecule has 0 aliphatic rings. The van der Waals surface area contributed by atoms with Crippen LogP contribution in [0.1, 0.15) is 0 Å². The predicted molar refractivity (Wildman–Crippen MR) is 73.4 cm³/mol. The van der Waals surface area contributed by atoms with Gasteiger partial charge in [-0.2, -0.15) is 0 Å². The highest BCUT2D eigenvalue weighted by atomic mass is 31.2. The third kappa shape index (κ3) is 11.6. The maximum atomic E-state index is 10.9. The van der Waals surface area contributed by atoms with Crippen LogP contribution >= 0.6 is 15.2 Å². The molecule has 0 unspecified atom stereocenters. The maximum absolute atomic E-state index is 10.9. The van der Waals surface area contributed by atoms with Gasteiger partial charge in [-0.1, -0.05) is 0 Å². The van der Waals surface area contributed by atoms with Crippen LogP contribution in [0.2, 0.25) is 0 Å². The standard InChI is InChI=1S/C9H22O11P2/c10-1-2-17-3-4-18-5-6-19-7-8-20-9(21(11,12)13)22(14,15)16/h9-10H,1-8H2,(H2,11,12,13)(H2,14,15,16). The summed E-state index contributed by atoms with van der Waals surface area (Å²) in [6, 6.07) is 0. The second-order valence-electron chi connectivity index (χ2n) is 3.94. The SMILES string of the molecule is O=P(O)(O)C(OCCOCCOCCOCCO)P(=O)(O)O. The molecule has 0 atom stereocenters. The Morgan fingerprint density at radius 3 is 1.41 bits per heavy atom. The van der Waals surface area contributed by atoms with E-state index in [0.717, 1.165) is 0 Å². The lowest BCUT2D eigenvalue weighted by Crippen LogP contribution is -2.18. The van der Waals surface area contributed by atoms with Gasteiger partial charge in [0.2, 0.25) is 0 Å². The summed E-state index contributed by atoms with van der Waals surface area (Å²) in [5.41, 5.74) is -2.48. The number of hydrogen-bond donors (Lipinski definition) is 5. The van der Waals surface area contributed by atoms with Gasteiger partial charge in [-0.3, -0.25) is 9.13 Å². The average molecular weight is 368 g/mol. The van der Waals surface area contributed by atoms with Crippen LogP contribution in [0.25, 0.3) is 0 Å². The minimum Gasteiger partial charge on any atom is -0.394 e. The van der Waals surface area contributed by atoms with Crippen LogP contribution < -0.4 is 0 Å². The monoisotopic (exact) mass is 368 g/mol. The van der Waals surface area contributed by atoms with E-state index >= 15 is 0 Å². The first kappa shape index (κ1) is 22.1. The number of ether oxygens (including phenoxy) is 4. The molecule has 0 aromatic rings. The first-order valence-corrected chi connectivity index (χ1v) is 9.62. The van der Waals surface area contributed by atoms with Gasteiger partial charge >= 0.3 is 15.2 Å². The van der Waals surface area contributed by atoms with E-state index in [9.17, 15) is 9.13 Å². The highest BCUT2D eigenvalue weighted by Gasteiger charge is 2.44. The van der Waals surface area contributed by atoms with Crippen LogP contribution in [-0.2, 0) is 28.1 Å². The molecule has 0 heterocycles. The zero-order chi connectivity index (χ0) is 17.1. The fourth-order valence-corrected chi connectivity index (χ4v) is 3.38. The fourth-order valence-electron chi connectivity index (χ4n) is 1.21. The summed E-state index contributed by atoms with van der Waals surface area (Å²) in [4.78, 5) is 35.1. The number of aliphatic hydroxyl groups is 1. The minimum atomic E-state index is -5.07. The molecule has 0 radical (unpaired) electrons. The molecular formula is C9H22O11P2. The van der Waals surface area contributed by atoms with Crippen molar-refractivity contribution in [3.8, 4) is 0 Å². The van der Waals surface area contributed by atoms with Crippen molar-refractivity contribution in [2.75, 3.05) is 52.9 Å². The van der Waals surface area contributed by atoms with Crippen molar-refractivity contribution >= 4 is 15.2 Å². The molecule has 0 amide bonds. The highest BCUT2D eigenvalue weighted by Crippen LogP contribution is 2.60. The van der Waals surface area contributed by atoms with E-state index in [1.165, 1.54) is 0 Å². The zero-order valence-corrected chi connectivity index (χ0v) is 13.6. The van der Waals surface area contributed by atoms with Gasteiger partial charge < -0.3 is 43.6 Å². The normalized spacial score (nSPS) is 13.0. The van der Waals surface area contributed by atoms with Gasteiger partial charge in [0.15, 0.2) is 0 Å². The molecule has 134 valence electrons. The lowest BCUT2D eigenvalue weighted by Gasteiger charge is -2.19. The Hall–Kier alpha value is 0.1000. The Kier molecular flexibility index (Phi) is 11.7. The molecule has 0 spiro atoms. The van der Waals surface area contributed by atoms with E-state index in [4.69, 9.17) is 38.9 Å². The molecule has 0 aromatic carbocycles. The Balaban J connectivity index is 3.63. The van der Waals surface area contributed by atoms with Gasteiger partial charge in [-0.05, 0) is 0 Å². The van der Waals surface area contributed by atoms with E-state index < -0.39 is 20.8 Å². The average Bonchev–Trinajstić information content (AvgIpc) is 2.37. The lowest BCUT2D eigenvalue weighted by molar-refractivity contribution is -0.00663. The van der Waals surface area contributed by atoms with Gasteiger partial charge in [0.1, 0.15) is 0 Å². The second-order valence-corrected chi connectivity index (χ2v) is 7.64. The number of rotatable bonds is 14. The molecule has 0 aliphatic carbocycles. The molecular weight excluding hydrogens is 346 g/mol. The van der Waals surface area contributed by atoms with Crippen molar-refractivity contribution in [2.45, 2.75) is 5.59 Å². The van der Waals surface area contributed by atoms with Crippen molar-refractivity contribution in [3.63, 3.8) is 0 Å². The Morgan fingerprint density at radius 1 is 0.682 bits per heavy atom. The Labute approximate surface area is 127 Å². The van der Waals surface area contributed by atoms with Gasteiger partial charge in [0.25, 0.3) is 5.59 Å². The topological polar surface area (TPSA) is 172 Å². The smallest absolute Gasteiger partial charge is 0.366 e. The third-order valence-electron chi connectivity index (χ3n) is 2.05. The third-order valence-corrected chi connectivity index (χ3v) is 5.30. The minimum absolute atomic E-state index is 0.0622. The Morgan fingerprint density at radius 2 is 1.05 bits per heavy atom. The van der Waals surface area contributed by atoms with Crippen LogP contribution in [0, 0.1) is 0 Å². The second kappa shape index (κ2) is 11.6. The molecule has 22 heavy (non-hydrogen) atoms. The van der Waals surface area contributed by atoms with Gasteiger partial charge in [0.05, 0.1) is 52.9 Å². The molecule has 0 saturated carbocycles. The molecule has 0 bridgehead atoms. The van der Waals surface area contributed by atoms with Crippen LogP contribution in [0.4, 0.5) is 0 Å². The maximum Gasteiger partial charge on any atom is 0.366 e. The van der Waals surface area contributed by atoms with Crippen molar-refractivity contribution in [1.82, 2.24) is 0 Å². The van der Waals surface area contributed by atoms with E-state index in [1.807, 2.05) is 0 Å². The summed E-state index contributed by atoms with van der Waals surface area (Å²) in [5.74, 6) is 0. The van der Waals surface area contributed by atoms with E-state index in [1.54, 1.807) is 0 Å². The molecule has 0 saturated heterocycles. The highest BCUT2D eigenvalue weighted by molar-refractivity contribution is 7.70. The summed E-state index contributed by atoms with van der Waals surface area (Å²) in [6.07, 6.45) is 0. The van der Waals surface area contributed by atoms with Crippen LogP contribution in [-0.4, -0.2) is 83.1 Å². The fraction of sp³-hybridized carbons (Fsp3) is 1.00. The van der Waals surface area contributed by atoms with Gasteiger partial charge in [-0.25, -0.2) is 0 Å². The predicted octanol–water partition coefficient (Wildman–Crippen LogP) is -1.32. The molecule has 0 aromatic heterocycles. The summed E-state index contributed by atoms with van der Waals surface area (Å²) >= 11 is 0. The van der Waals surface area contributed by atoms with Crippen LogP contribution in [0.15, 0.2) is 0 Å². The van der Waals surface area contributed by atoms with Gasteiger partial charge in [-0.15, -0.1) is 0 Å². The zero-order valence-electron chi connectivity index (χ0n) is 11.8. The quantitative estimate of drug-likeness (QED) is 0.182. The van der Waals surface area contributed by atoms with E-state index in [0.29, 0.717) is 13.2 Å². The van der Waals surface area contributed by atoms with Crippen molar-refractivity contribution in [2.24, 2.45) is 0 Å². The molecule has 13 heteroatoms. The summed E-state index contributed by atoms with van der Waals surface area (Å²) < 4.78 is 41.3. The summed E-state index contributed by atoms with van der Waals surface area (Å²) in [7, 11) is -10.1. The molecule has 0 rings (SSSR count).